The van der Waals surface area contributed by atoms with Gasteiger partial charge in [-0.2, -0.15) is 0 Å². The van der Waals surface area contributed by atoms with Gasteiger partial charge in [-0.1, -0.05) is 18.2 Å². The Balaban J connectivity index is 2.07. The highest BCUT2D eigenvalue weighted by Crippen LogP contribution is 2.39. The summed E-state index contributed by atoms with van der Waals surface area (Å²) in [4.78, 5) is 12.3. The molecule has 0 aliphatic heterocycles. The van der Waals surface area contributed by atoms with Gasteiger partial charge in [-0.05, 0) is 42.7 Å². The number of benzene rings is 2. The van der Waals surface area contributed by atoms with E-state index < -0.39 is 0 Å². The fourth-order valence-electron chi connectivity index (χ4n) is 2.66. The van der Waals surface area contributed by atoms with E-state index in [1.165, 1.54) is 11.1 Å². The van der Waals surface area contributed by atoms with E-state index in [4.69, 9.17) is 14.2 Å². The predicted molar refractivity (Wildman–Crippen MR) is 97.6 cm³/mol. The van der Waals surface area contributed by atoms with E-state index in [0.717, 1.165) is 11.1 Å². The number of ether oxygens (including phenoxy) is 3. The standard InChI is InChI=1S/C20H25NO4/c1-13-6-7-15(10-14(13)2)11-18(22)21-12-16-8-9-17(23-3)20(25-5)19(16)24-4/h6-10H,11-12H2,1-5H3,(H,21,22). The highest BCUT2D eigenvalue weighted by atomic mass is 16.5. The summed E-state index contributed by atoms with van der Waals surface area (Å²) in [5.41, 5.74) is 4.24. The Morgan fingerprint density at radius 1 is 0.920 bits per heavy atom. The number of rotatable bonds is 7. The molecule has 2 rings (SSSR count). The second-order valence-corrected chi connectivity index (χ2v) is 5.87. The Bertz CT molecular complexity index is 756. The molecule has 0 aromatic heterocycles. The molecular formula is C20H25NO4. The molecule has 0 heterocycles. The van der Waals surface area contributed by atoms with Crippen molar-refractivity contribution < 1.29 is 19.0 Å². The van der Waals surface area contributed by atoms with E-state index in [-0.39, 0.29) is 5.91 Å². The maximum atomic E-state index is 12.3. The van der Waals surface area contributed by atoms with Crippen molar-refractivity contribution in [3.63, 3.8) is 0 Å². The van der Waals surface area contributed by atoms with Crippen LogP contribution in [0.5, 0.6) is 17.2 Å². The molecule has 0 radical (unpaired) electrons. The summed E-state index contributed by atoms with van der Waals surface area (Å²) < 4.78 is 16.1. The van der Waals surface area contributed by atoms with Crippen LogP contribution in [0.1, 0.15) is 22.3 Å². The molecule has 0 atom stereocenters. The summed E-state index contributed by atoms with van der Waals surface area (Å²) in [6.45, 7) is 4.46. The molecule has 0 unspecified atom stereocenters. The normalized spacial score (nSPS) is 10.3. The first-order valence-corrected chi connectivity index (χ1v) is 8.10. The quantitative estimate of drug-likeness (QED) is 0.839. The largest absolute Gasteiger partial charge is 0.493 e. The molecule has 0 saturated carbocycles. The third-order valence-electron chi connectivity index (χ3n) is 4.20. The van der Waals surface area contributed by atoms with Gasteiger partial charge in [0.1, 0.15) is 0 Å². The minimum atomic E-state index is -0.0416. The number of hydrogen-bond donors (Lipinski definition) is 1. The number of nitrogens with one attached hydrogen (secondary N) is 1. The van der Waals surface area contributed by atoms with Crippen molar-refractivity contribution in [2.24, 2.45) is 0 Å². The number of carbonyl (C=O) groups excluding carboxylic acids is 1. The second-order valence-electron chi connectivity index (χ2n) is 5.87. The lowest BCUT2D eigenvalue weighted by molar-refractivity contribution is -0.120. The first-order chi connectivity index (χ1) is 12.0. The molecule has 134 valence electrons. The highest BCUT2D eigenvalue weighted by molar-refractivity contribution is 5.78. The van der Waals surface area contributed by atoms with Gasteiger partial charge in [0.2, 0.25) is 11.7 Å². The van der Waals surface area contributed by atoms with Crippen molar-refractivity contribution in [2.75, 3.05) is 21.3 Å². The molecule has 5 heteroatoms. The summed E-state index contributed by atoms with van der Waals surface area (Å²) in [6, 6.07) is 9.72. The number of aryl methyl sites for hydroxylation is 2. The van der Waals surface area contributed by atoms with E-state index in [2.05, 4.69) is 12.2 Å². The number of amides is 1. The second kappa shape index (κ2) is 8.42. The van der Waals surface area contributed by atoms with Crippen LogP contribution in [0.15, 0.2) is 30.3 Å². The summed E-state index contributed by atoms with van der Waals surface area (Å²) in [6.07, 6.45) is 0.344. The van der Waals surface area contributed by atoms with Crippen LogP contribution in [0, 0.1) is 13.8 Å². The third kappa shape index (κ3) is 4.44. The molecule has 1 N–H and O–H groups in total. The van der Waals surface area contributed by atoms with E-state index in [1.54, 1.807) is 27.4 Å². The summed E-state index contributed by atoms with van der Waals surface area (Å²) >= 11 is 0. The van der Waals surface area contributed by atoms with Crippen molar-refractivity contribution in [1.82, 2.24) is 5.32 Å². The summed E-state index contributed by atoms with van der Waals surface area (Å²) in [5.74, 6) is 1.63. The molecule has 25 heavy (non-hydrogen) atoms. The van der Waals surface area contributed by atoms with Crippen LogP contribution < -0.4 is 19.5 Å². The molecule has 2 aromatic rings. The van der Waals surface area contributed by atoms with Gasteiger partial charge in [-0.25, -0.2) is 0 Å². The first kappa shape index (κ1) is 18.6. The Morgan fingerprint density at radius 3 is 2.24 bits per heavy atom. The zero-order valence-corrected chi connectivity index (χ0v) is 15.4. The lowest BCUT2D eigenvalue weighted by Gasteiger charge is -2.16. The molecule has 0 saturated heterocycles. The molecule has 2 aromatic carbocycles. The maximum absolute atomic E-state index is 12.3. The van der Waals surface area contributed by atoms with Crippen molar-refractivity contribution in [2.45, 2.75) is 26.8 Å². The van der Waals surface area contributed by atoms with Gasteiger partial charge >= 0.3 is 0 Å². The van der Waals surface area contributed by atoms with E-state index in [0.29, 0.717) is 30.2 Å². The first-order valence-electron chi connectivity index (χ1n) is 8.10. The van der Waals surface area contributed by atoms with Crippen LogP contribution in [0.4, 0.5) is 0 Å². The minimum Gasteiger partial charge on any atom is -0.493 e. The fraction of sp³-hybridized carbons (Fsp3) is 0.350. The SMILES string of the molecule is COc1ccc(CNC(=O)Cc2ccc(C)c(C)c2)c(OC)c1OC. The molecule has 0 aliphatic rings. The van der Waals surface area contributed by atoms with Gasteiger partial charge in [0.25, 0.3) is 0 Å². The van der Waals surface area contributed by atoms with Crippen molar-refractivity contribution >= 4 is 5.91 Å². The lowest BCUT2D eigenvalue weighted by Crippen LogP contribution is -2.25. The topological polar surface area (TPSA) is 56.8 Å². The molecule has 0 fully saturated rings. The zero-order valence-electron chi connectivity index (χ0n) is 15.4. The maximum Gasteiger partial charge on any atom is 0.224 e. The van der Waals surface area contributed by atoms with Crippen LogP contribution in [-0.4, -0.2) is 27.2 Å². The smallest absolute Gasteiger partial charge is 0.224 e. The van der Waals surface area contributed by atoms with Gasteiger partial charge in [0, 0.05) is 12.1 Å². The average molecular weight is 343 g/mol. The monoisotopic (exact) mass is 343 g/mol. The highest BCUT2D eigenvalue weighted by Gasteiger charge is 2.16. The van der Waals surface area contributed by atoms with Gasteiger partial charge in [0.05, 0.1) is 27.8 Å². The Labute approximate surface area is 148 Å². The van der Waals surface area contributed by atoms with Crippen LogP contribution in [-0.2, 0) is 17.8 Å². The predicted octanol–water partition coefficient (Wildman–Crippen LogP) is 3.19. The van der Waals surface area contributed by atoms with Gasteiger partial charge in [0.15, 0.2) is 11.5 Å². The van der Waals surface area contributed by atoms with E-state index in [9.17, 15) is 4.79 Å². The Morgan fingerprint density at radius 2 is 1.64 bits per heavy atom. The van der Waals surface area contributed by atoms with Crippen LogP contribution in [0.25, 0.3) is 0 Å². The summed E-state index contributed by atoms with van der Waals surface area (Å²) in [5, 5.41) is 2.93. The molecule has 1 amide bonds. The molecular weight excluding hydrogens is 318 g/mol. The third-order valence-corrected chi connectivity index (χ3v) is 4.20. The summed E-state index contributed by atoms with van der Waals surface area (Å²) in [7, 11) is 4.70. The number of methoxy groups -OCH3 is 3. The fourth-order valence-corrected chi connectivity index (χ4v) is 2.66. The van der Waals surface area contributed by atoms with Gasteiger partial charge in [-0.3, -0.25) is 4.79 Å². The Hall–Kier alpha value is -2.69. The molecule has 0 bridgehead atoms. The van der Waals surface area contributed by atoms with Gasteiger partial charge in [-0.15, -0.1) is 0 Å². The molecule has 5 nitrogen and oxygen atoms in total. The van der Waals surface area contributed by atoms with Crippen molar-refractivity contribution in [3.8, 4) is 17.2 Å². The number of carbonyl (C=O) groups is 1. The number of hydrogen-bond acceptors (Lipinski definition) is 4. The van der Waals surface area contributed by atoms with Crippen molar-refractivity contribution in [1.29, 1.82) is 0 Å². The van der Waals surface area contributed by atoms with E-state index in [1.807, 2.05) is 31.2 Å². The van der Waals surface area contributed by atoms with Crippen LogP contribution in [0.3, 0.4) is 0 Å². The molecule has 0 spiro atoms. The molecule has 0 aliphatic carbocycles. The van der Waals surface area contributed by atoms with E-state index >= 15 is 0 Å². The minimum absolute atomic E-state index is 0.0416. The van der Waals surface area contributed by atoms with Crippen molar-refractivity contribution in [3.05, 3.63) is 52.6 Å². The average Bonchev–Trinajstić information content (AvgIpc) is 2.61. The Kier molecular flexibility index (Phi) is 6.28. The zero-order chi connectivity index (χ0) is 18.4. The van der Waals surface area contributed by atoms with Crippen LogP contribution in [0.2, 0.25) is 0 Å². The van der Waals surface area contributed by atoms with Gasteiger partial charge < -0.3 is 19.5 Å². The van der Waals surface area contributed by atoms with Crippen LogP contribution >= 0.6 is 0 Å². The lowest BCUT2D eigenvalue weighted by atomic mass is 10.0.